The zero-order valence-corrected chi connectivity index (χ0v) is 16.0. The Kier molecular flexibility index (Phi) is 5.70. The van der Waals surface area contributed by atoms with Gasteiger partial charge in [0.25, 0.3) is 0 Å². The second-order valence-corrected chi connectivity index (χ2v) is 7.03. The molecule has 0 saturated carbocycles. The SMILES string of the molecule is COC(=O)c1ccc(C)c(OC(=O)c2ccc(OC)c(C(C)(C)C)c2)c1. The van der Waals surface area contributed by atoms with Gasteiger partial charge in [0.1, 0.15) is 11.5 Å². The lowest BCUT2D eigenvalue weighted by Crippen LogP contribution is -2.16. The fourth-order valence-corrected chi connectivity index (χ4v) is 2.53. The molecule has 0 radical (unpaired) electrons. The van der Waals surface area contributed by atoms with Gasteiger partial charge in [-0.2, -0.15) is 0 Å². The molecular weight excluding hydrogens is 332 g/mol. The van der Waals surface area contributed by atoms with Crippen molar-refractivity contribution in [2.45, 2.75) is 33.1 Å². The predicted molar refractivity (Wildman–Crippen MR) is 99.2 cm³/mol. The number of aryl methyl sites for hydroxylation is 1. The zero-order valence-electron chi connectivity index (χ0n) is 16.0. The molecule has 138 valence electrons. The number of esters is 2. The molecule has 0 aliphatic rings. The van der Waals surface area contributed by atoms with Crippen LogP contribution in [0.1, 0.15) is 52.6 Å². The summed E-state index contributed by atoms with van der Waals surface area (Å²) in [4.78, 5) is 24.3. The van der Waals surface area contributed by atoms with Crippen LogP contribution in [-0.4, -0.2) is 26.2 Å². The minimum absolute atomic E-state index is 0.192. The number of carbonyl (C=O) groups is 2. The Balaban J connectivity index is 2.35. The third-order valence-corrected chi connectivity index (χ3v) is 4.06. The lowest BCUT2D eigenvalue weighted by molar-refractivity contribution is 0.0597. The van der Waals surface area contributed by atoms with Crippen LogP contribution in [0.3, 0.4) is 0 Å². The van der Waals surface area contributed by atoms with E-state index in [-0.39, 0.29) is 5.41 Å². The summed E-state index contributed by atoms with van der Waals surface area (Å²) >= 11 is 0. The Bertz CT molecular complexity index is 831. The number of rotatable bonds is 4. The van der Waals surface area contributed by atoms with Gasteiger partial charge in [-0.3, -0.25) is 0 Å². The summed E-state index contributed by atoms with van der Waals surface area (Å²) in [5.74, 6) is 0.0639. The molecule has 0 heterocycles. The van der Waals surface area contributed by atoms with E-state index < -0.39 is 11.9 Å². The topological polar surface area (TPSA) is 61.8 Å². The first-order chi connectivity index (χ1) is 12.2. The van der Waals surface area contributed by atoms with E-state index >= 15 is 0 Å². The number of ether oxygens (including phenoxy) is 3. The van der Waals surface area contributed by atoms with E-state index in [2.05, 4.69) is 0 Å². The Morgan fingerprint density at radius 3 is 2.04 bits per heavy atom. The van der Waals surface area contributed by atoms with Gasteiger partial charge in [-0.1, -0.05) is 26.8 Å². The molecule has 0 bridgehead atoms. The van der Waals surface area contributed by atoms with Crippen molar-refractivity contribution >= 4 is 11.9 Å². The molecule has 5 nitrogen and oxygen atoms in total. The van der Waals surface area contributed by atoms with Crippen LogP contribution >= 0.6 is 0 Å². The highest BCUT2D eigenvalue weighted by atomic mass is 16.5. The third-order valence-electron chi connectivity index (χ3n) is 4.06. The van der Waals surface area contributed by atoms with Crippen LogP contribution in [0.5, 0.6) is 11.5 Å². The zero-order chi connectivity index (χ0) is 19.5. The van der Waals surface area contributed by atoms with Gasteiger partial charge in [0.15, 0.2) is 0 Å². The smallest absolute Gasteiger partial charge is 0.343 e. The molecule has 0 aliphatic carbocycles. The highest BCUT2D eigenvalue weighted by molar-refractivity contribution is 5.93. The van der Waals surface area contributed by atoms with Crippen LogP contribution < -0.4 is 9.47 Å². The van der Waals surface area contributed by atoms with Crippen LogP contribution in [0.2, 0.25) is 0 Å². The molecule has 0 aromatic heterocycles. The van der Waals surface area contributed by atoms with E-state index in [9.17, 15) is 9.59 Å². The maximum absolute atomic E-state index is 12.6. The van der Waals surface area contributed by atoms with Crippen molar-refractivity contribution in [2.75, 3.05) is 14.2 Å². The predicted octanol–water partition coefficient (Wildman–Crippen LogP) is 4.31. The van der Waals surface area contributed by atoms with Gasteiger partial charge in [-0.05, 0) is 48.2 Å². The Labute approximate surface area is 153 Å². The lowest BCUT2D eigenvalue weighted by Gasteiger charge is -2.22. The molecule has 0 atom stereocenters. The number of methoxy groups -OCH3 is 2. The first-order valence-corrected chi connectivity index (χ1v) is 8.27. The van der Waals surface area contributed by atoms with Gasteiger partial charge in [-0.15, -0.1) is 0 Å². The van der Waals surface area contributed by atoms with Crippen LogP contribution in [0.25, 0.3) is 0 Å². The molecule has 0 fully saturated rings. The standard InChI is InChI=1S/C21H24O5/c1-13-7-8-15(19(22)25-6)12-18(13)26-20(23)14-9-10-17(24-5)16(11-14)21(2,3)4/h7-12H,1-6H3. The summed E-state index contributed by atoms with van der Waals surface area (Å²) in [5, 5.41) is 0. The van der Waals surface area contributed by atoms with Gasteiger partial charge in [0.05, 0.1) is 25.3 Å². The second kappa shape index (κ2) is 7.60. The molecule has 0 N–H and O–H groups in total. The van der Waals surface area contributed by atoms with Crippen molar-refractivity contribution in [3.8, 4) is 11.5 Å². The third kappa shape index (κ3) is 4.23. The van der Waals surface area contributed by atoms with Crippen molar-refractivity contribution < 1.29 is 23.8 Å². The molecule has 0 saturated heterocycles. The second-order valence-electron chi connectivity index (χ2n) is 7.03. The molecule has 0 spiro atoms. The van der Waals surface area contributed by atoms with E-state index in [1.165, 1.54) is 13.2 Å². The van der Waals surface area contributed by atoms with Crippen molar-refractivity contribution in [1.82, 2.24) is 0 Å². The van der Waals surface area contributed by atoms with Crippen molar-refractivity contribution in [2.24, 2.45) is 0 Å². The minimum Gasteiger partial charge on any atom is -0.496 e. The fraction of sp³-hybridized carbons (Fsp3) is 0.333. The molecule has 0 unspecified atom stereocenters. The summed E-state index contributed by atoms with van der Waals surface area (Å²) in [6.45, 7) is 7.94. The monoisotopic (exact) mass is 356 g/mol. The van der Waals surface area contributed by atoms with E-state index in [0.29, 0.717) is 16.9 Å². The first-order valence-electron chi connectivity index (χ1n) is 8.27. The Morgan fingerprint density at radius 1 is 0.846 bits per heavy atom. The quantitative estimate of drug-likeness (QED) is 0.603. The molecule has 5 heteroatoms. The minimum atomic E-state index is -0.497. The summed E-state index contributed by atoms with van der Waals surface area (Å²) in [6.07, 6.45) is 0. The Morgan fingerprint density at radius 2 is 1.46 bits per heavy atom. The Hall–Kier alpha value is -2.82. The largest absolute Gasteiger partial charge is 0.496 e. The maximum atomic E-state index is 12.6. The van der Waals surface area contributed by atoms with Crippen molar-refractivity contribution in [3.63, 3.8) is 0 Å². The van der Waals surface area contributed by atoms with Crippen LogP contribution in [0.15, 0.2) is 36.4 Å². The van der Waals surface area contributed by atoms with Crippen LogP contribution in [0.4, 0.5) is 0 Å². The van der Waals surface area contributed by atoms with Gasteiger partial charge >= 0.3 is 11.9 Å². The summed E-state index contributed by atoms with van der Waals surface area (Å²) in [6, 6.07) is 10.0. The molecule has 0 amide bonds. The molecular formula is C21H24O5. The number of carbonyl (C=O) groups excluding carboxylic acids is 2. The van der Waals surface area contributed by atoms with E-state index in [1.54, 1.807) is 44.4 Å². The molecule has 2 aromatic rings. The van der Waals surface area contributed by atoms with Crippen molar-refractivity contribution in [1.29, 1.82) is 0 Å². The lowest BCUT2D eigenvalue weighted by atomic mass is 9.85. The van der Waals surface area contributed by atoms with Gasteiger partial charge in [0.2, 0.25) is 0 Å². The van der Waals surface area contributed by atoms with E-state index in [1.807, 2.05) is 20.8 Å². The van der Waals surface area contributed by atoms with E-state index in [4.69, 9.17) is 14.2 Å². The van der Waals surface area contributed by atoms with E-state index in [0.717, 1.165) is 16.9 Å². The summed E-state index contributed by atoms with van der Waals surface area (Å²) < 4.78 is 15.6. The number of hydrogen-bond donors (Lipinski definition) is 0. The summed E-state index contributed by atoms with van der Waals surface area (Å²) in [7, 11) is 2.91. The highest BCUT2D eigenvalue weighted by Gasteiger charge is 2.22. The van der Waals surface area contributed by atoms with Gasteiger partial charge in [-0.25, -0.2) is 9.59 Å². The number of hydrogen-bond acceptors (Lipinski definition) is 5. The van der Waals surface area contributed by atoms with Gasteiger partial charge in [0, 0.05) is 5.56 Å². The molecule has 2 aromatic carbocycles. The normalized spacial score (nSPS) is 11.0. The maximum Gasteiger partial charge on any atom is 0.343 e. The van der Waals surface area contributed by atoms with Crippen LogP contribution in [-0.2, 0) is 10.2 Å². The molecule has 2 rings (SSSR count). The fourth-order valence-electron chi connectivity index (χ4n) is 2.53. The summed E-state index contributed by atoms with van der Waals surface area (Å²) in [5.41, 5.74) is 2.21. The average Bonchev–Trinajstić information content (AvgIpc) is 2.61. The average molecular weight is 356 g/mol. The number of benzene rings is 2. The van der Waals surface area contributed by atoms with Crippen molar-refractivity contribution in [3.05, 3.63) is 58.7 Å². The highest BCUT2D eigenvalue weighted by Crippen LogP contribution is 2.32. The van der Waals surface area contributed by atoms with Gasteiger partial charge < -0.3 is 14.2 Å². The molecule has 0 aliphatic heterocycles. The first kappa shape index (κ1) is 19.5. The molecule has 26 heavy (non-hydrogen) atoms. The van der Waals surface area contributed by atoms with Crippen LogP contribution in [0, 0.1) is 6.92 Å².